The molecular formula is C13H19N3O. The normalized spacial score (nSPS) is 11.0. The molecule has 1 heterocycles. The summed E-state index contributed by atoms with van der Waals surface area (Å²) in [6.45, 7) is 8.37. The Morgan fingerprint density at radius 1 is 1.35 bits per heavy atom. The van der Waals surface area contributed by atoms with Crippen LogP contribution in [0.1, 0.15) is 38.6 Å². The molecule has 0 saturated carbocycles. The minimum Gasteiger partial charge on any atom is -0.476 e. The SMILES string of the molecule is C#CCCOc1nc(C(C)(C)C)nc(N)c1C. The molecule has 0 radical (unpaired) electrons. The van der Waals surface area contributed by atoms with E-state index >= 15 is 0 Å². The number of ether oxygens (including phenoxy) is 1. The Labute approximate surface area is 103 Å². The molecule has 0 amide bonds. The van der Waals surface area contributed by atoms with Crippen molar-refractivity contribution in [1.82, 2.24) is 9.97 Å². The Balaban J connectivity index is 3.04. The predicted molar refractivity (Wildman–Crippen MR) is 68.8 cm³/mol. The van der Waals surface area contributed by atoms with Gasteiger partial charge in [-0.15, -0.1) is 12.3 Å². The summed E-state index contributed by atoms with van der Waals surface area (Å²) in [4.78, 5) is 8.67. The van der Waals surface area contributed by atoms with Crippen LogP contribution in [0, 0.1) is 19.3 Å². The van der Waals surface area contributed by atoms with Gasteiger partial charge in [0.15, 0.2) is 0 Å². The monoisotopic (exact) mass is 233 g/mol. The summed E-state index contributed by atoms with van der Waals surface area (Å²) < 4.78 is 5.52. The summed E-state index contributed by atoms with van der Waals surface area (Å²) in [6, 6.07) is 0. The van der Waals surface area contributed by atoms with Gasteiger partial charge in [0, 0.05) is 11.8 Å². The molecule has 1 rings (SSSR count). The molecule has 92 valence electrons. The van der Waals surface area contributed by atoms with Gasteiger partial charge < -0.3 is 10.5 Å². The van der Waals surface area contributed by atoms with E-state index in [4.69, 9.17) is 16.9 Å². The number of nitrogen functional groups attached to an aromatic ring is 1. The highest BCUT2D eigenvalue weighted by atomic mass is 16.5. The van der Waals surface area contributed by atoms with Crippen LogP contribution in [0.3, 0.4) is 0 Å². The summed E-state index contributed by atoms with van der Waals surface area (Å²) in [5, 5.41) is 0. The second kappa shape index (κ2) is 5.05. The van der Waals surface area contributed by atoms with Crippen molar-refractivity contribution >= 4 is 5.82 Å². The maximum Gasteiger partial charge on any atom is 0.221 e. The lowest BCUT2D eigenvalue weighted by Crippen LogP contribution is -2.18. The zero-order valence-corrected chi connectivity index (χ0v) is 10.9. The van der Waals surface area contributed by atoms with Crippen molar-refractivity contribution in [3.63, 3.8) is 0 Å². The van der Waals surface area contributed by atoms with Crippen LogP contribution in [0.15, 0.2) is 0 Å². The average Bonchev–Trinajstić information content (AvgIpc) is 2.22. The topological polar surface area (TPSA) is 61.0 Å². The largest absolute Gasteiger partial charge is 0.476 e. The first-order chi connectivity index (χ1) is 7.86. The lowest BCUT2D eigenvalue weighted by molar-refractivity contribution is 0.308. The second-order valence-electron chi connectivity index (χ2n) is 4.92. The first-order valence-electron chi connectivity index (χ1n) is 5.57. The van der Waals surface area contributed by atoms with E-state index in [2.05, 4.69) is 15.9 Å². The molecule has 17 heavy (non-hydrogen) atoms. The lowest BCUT2D eigenvalue weighted by Gasteiger charge is -2.19. The fraction of sp³-hybridized carbons (Fsp3) is 0.538. The maximum absolute atomic E-state index is 5.85. The molecule has 4 heteroatoms. The van der Waals surface area contributed by atoms with Crippen molar-refractivity contribution in [2.45, 2.75) is 39.5 Å². The molecule has 1 aromatic heterocycles. The minimum absolute atomic E-state index is 0.161. The van der Waals surface area contributed by atoms with Crippen LogP contribution in [0.2, 0.25) is 0 Å². The van der Waals surface area contributed by atoms with Gasteiger partial charge >= 0.3 is 0 Å². The van der Waals surface area contributed by atoms with E-state index in [1.165, 1.54) is 0 Å². The molecule has 2 N–H and O–H groups in total. The smallest absolute Gasteiger partial charge is 0.221 e. The number of rotatable bonds is 3. The van der Waals surface area contributed by atoms with Crippen LogP contribution in [0.5, 0.6) is 5.88 Å². The summed E-state index contributed by atoms with van der Waals surface area (Å²) in [5.74, 6) is 4.18. The van der Waals surface area contributed by atoms with Gasteiger partial charge in [0.2, 0.25) is 5.88 Å². The van der Waals surface area contributed by atoms with Crippen LogP contribution in [0.25, 0.3) is 0 Å². The van der Waals surface area contributed by atoms with Crippen LogP contribution in [-0.2, 0) is 5.41 Å². The molecule has 0 fully saturated rings. The Morgan fingerprint density at radius 3 is 2.53 bits per heavy atom. The molecule has 0 bridgehead atoms. The number of terminal acetylenes is 1. The van der Waals surface area contributed by atoms with E-state index in [-0.39, 0.29) is 5.41 Å². The third-order valence-electron chi connectivity index (χ3n) is 2.29. The van der Waals surface area contributed by atoms with Crippen molar-refractivity contribution in [2.75, 3.05) is 12.3 Å². The number of hydrogen-bond donors (Lipinski definition) is 1. The molecule has 0 atom stereocenters. The molecule has 0 aliphatic heterocycles. The number of aromatic nitrogens is 2. The Morgan fingerprint density at radius 2 is 2.00 bits per heavy atom. The molecule has 1 aromatic rings. The van der Waals surface area contributed by atoms with E-state index < -0.39 is 0 Å². The van der Waals surface area contributed by atoms with E-state index in [0.717, 1.165) is 5.56 Å². The van der Waals surface area contributed by atoms with Crippen LogP contribution in [-0.4, -0.2) is 16.6 Å². The van der Waals surface area contributed by atoms with Crippen molar-refractivity contribution < 1.29 is 4.74 Å². The number of nitrogens with two attached hydrogens (primary N) is 1. The quantitative estimate of drug-likeness (QED) is 0.641. The standard InChI is InChI=1S/C13H19N3O/c1-6-7-8-17-11-9(2)10(14)15-12(16-11)13(3,4)5/h1H,7-8H2,2-5H3,(H2,14,15,16). The molecular weight excluding hydrogens is 214 g/mol. The first kappa shape index (κ1) is 13.3. The summed E-state index contributed by atoms with van der Waals surface area (Å²) in [6.07, 6.45) is 5.72. The fourth-order valence-corrected chi connectivity index (χ4v) is 1.20. The molecule has 0 aliphatic carbocycles. The average molecular weight is 233 g/mol. The predicted octanol–water partition coefficient (Wildman–Crippen LogP) is 2.07. The summed E-state index contributed by atoms with van der Waals surface area (Å²) in [7, 11) is 0. The van der Waals surface area contributed by atoms with Gasteiger partial charge in [-0.3, -0.25) is 0 Å². The van der Waals surface area contributed by atoms with Crippen LogP contribution >= 0.6 is 0 Å². The minimum atomic E-state index is -0.161. The van der Waals surface area contributed by atoms with Crippen molar-refractivity contribution in [1.29, 1.82) is 0 Å². The van der Waals surface area contributed by atoms with Gasteiger partial charge in [-0.2, -0.15) is 4.98 Å². The zero-order chi connectivity index (χ0) is 13.1. The number of hydrogen-bond acceptors (Lipinski definition) is 4. The van der Waals surface area contributed by atoms with Crippen molar-refractivity contribution in [3.05, 3.63) is 11.4 Å². The van der Waals surface area contributed by atoms with E-state index in [1.54, 1.807) is 0 Å². The zero-order valence-electron chi connectivity index (χ0n) is 10.9. The Hall–Kier alpha value is -1.76. The Kier molecular flexibility index (Phi) is 3.95. The number of anilines is 1. The molecule has 0 aromatic carbocycles. The highest BCUT2D eigenvalue weighted by molar-refractivity contribution is 5.45. The van der Waals surface area contributed by atoms with Crippen molar-refractivity contribution in [2.24, 2.45) is 0 Å². The van der Waals surface area contributed by atoms with E-state index in [1.807, 2.05) is 27.7 Å². The molecule has 0 unspecified atom stereocenters. The molecule has 0 spiro atoms. The second-order valence-corrected chi connectivity index (χ2v) is 4.92. The van der Waals surface area contributed by atoms with Crippen molar-refractivity contribution in [3.8, 4) is 18.2 Å². The van der Waals surface area contributed by atoms with Gasteiger partial charge in [-0.05, 0) is 6.92 Å². The van der Waals surface area contributed by atoms with Gasteiger partial charge in [-0.1, -0.05) is 20.8 Å². The molecule has 0 aliphatic rings. The van der Waals surface area contributed by atoms with E-state index in [0.29, 0.717) is 30.5 Å². The first-order valence-corrected chi connectivity index (χ1v) is 5.57. The summed E-state index contributed by atoms with van der Waals surface area (Å²) in [5.41, 5.74) is 6.45. The molecule has 4 nitrogen and oxygen atoms in total. The van der Waals surface area contributed by atoms with Gasteiger partial charge in [-0.25, -0.2) is 4.98 Å². The Bertz CT molecular complexity index is 441. The van der Waals surface area contributed by atoms with Crippen LogP contribution < -0.4 is 10.5 Å². The highest BCUT2D eigenvalue weighted by Gasteiger charge is 2.20. The fourth-order valence-electron chi connectivity index (χ4n) is 1.20. The molecule has 0 saturated heterocycles. The van der Waals surface area contributed by atoms with Crippen LogP contribution in [0.4, 0.5) is 5.82 Å². The third kappa shape index (κ3) is 3.35. The lowest BCUT2D eigenvalue weighted by atomic mass is 9.95. The third-order valence-corrected chi connectivity index (χ3v) is 2.29. The van der Waals surface area contributed by atoms with Gasteiger partial charge in [0.25, 0.3) is 0 Å². The maximum atomic E-state index is 5.85. The van der Waals surface area contributed by atoms with Gasteiger partial charge in [0.1, 0.15) is 18.2 Å². The number of nitrogens with zero attached hydrogens (tertiary/aromatic N) is 2. The van der Waals surface area contributed by atoms with E-state index in [9.17, 15) is 0 Å². The summed E-state index contributed by atoms with van der Waals surface area (Å²) >= 11 is 0. The highest BCUT2D eigenvalue weighted by Crippen LogP contribution is 2.25. The van der Waals surface area contributed by atoms with Gasteiger partial charge in [0.05, 0.1) is 5.56 Å².